The molecule has 2 aliphatic carbocycles. The standard InChI is InChI=1S/C27H37F2N3O2/c1-18(2)32-23-15-21(25(34)30-26(3)16-27(28,29)17-26)11-12-22(23)24(31-32)20-10-7-9-19(14-20)8-5-4-6-13-33/h7,9-10,14,18,21,33H,4-6,8,11-13,15-17H2,1-3H3,(H,30,34)/t21-/m1/s1. The summed E-state index contributed by atoms with van der Waals surface area (Å²) in [4.78, 5) is 13.0. The quantitative estimate of drug-likeness (QED) is 0.489. The summed E-state index contributed by atoms with van der Waals surface area (Å²) in [6.07, 6.45) is 5.33. The number of aryl methyl sites for hydroxylation is 1. The average molecular weight is 474 g/mol. The molecular formula is C27H37F2N3O2. The van der Waals surface area contributed by atoms with Gasteiger partial charge >= 0.3 is 0 Å². The van der Waals surface area contributed by atoms with Crippen molar-refractivity contribution in [2.75, 3.05) is 6.61 Å². The molecule has 2 aliphatic rings. The number of aromatic nitrogens is 2. The van der Waals surface area contributed by atoms with Crippen LogP contribution < -0.4 is 5.32 Å². The Kier molecular flexibility index (Phi) is 7.13. The first-order chi connectivity index (χ1) is 16.1. The van der Waals surface area contributed by atoms with Gasteiger partial charge in [-0.3, -0.25) is 9.48 Å². The van der Waals surface area contributed by atoms with Gasteiger partial charge in [0.25, 0.3) is 5.92 Å². The van der Waals surface area contributed by atoms with Gasteiger partial charge in [-0.15, -0.1) is 0 Å². The van der Waals surface area contributed by atoms with Crippen LogP contribution >= 0.6 is 0 Å². The highest BCUT2D eigenvalue weighted by atomic mass is 19.3. The van der Waals surface area contributed by atoms with Crippen molar-refractivity contribution < 1.29 is 18.7 Å². The van der Waals surface area contributed by atoms with E-state index in [9.17, 15) is 13.6 Å². The van der Waals surface area contributed by atoms with Gasteiger partial charge in [0.2, 0.25) is 5.91 Å². The fourth-order valence-electron chi connectivity index (χ4n) is 5.59. The molecule has 7 heteroatoms. The number of carbonyl (C=O) groups excluding carboxylic acids is 1. The number of benzene rings is 1. The molecule has 1 amide bonds. The van der Waals surface area contributed by atoms with Crippen LogP contribution in [0.5, 0.6) is 0 Å². The van der Waals surface area contributed by atoms with Crippen molar-refractivity contribution in [3.63, 3.8) is 0 Å². The van der Waals surface area contributed by atoms with Crippen LogP contribution in [-0.4, -0.2) is 38.9 Å². The molecule has 0 aliphatic heterocycles. The van der Waals surface area contributed by atoms with Crippen molar-refractivity contribution in [2.45, 2.75) is 96.1 Å². The first kappa shape index (κ1) is 24.8. The molecule has 4 rings (SSSR count). The van der Waals surface area contributed by atoms with E-state index in [1.165, 1.54) is 11.1 Å². The van der Waals surface area contributed by atoms with Gasteiger partial charge in [0, 0.05) is 60.2 Å². The molecule has 5 nitrogen and oxygen atoms in total. The number of fused-ring (bicyclic) bond motifs is 1. The Balaban J connectivity index is 1.52. The summed E-state index contributed by atoms with van der Waals surface area (Å²) in [6.45, 7) is 6.14. The zero-order chi connectivity index (χ0) is 24.5. The third kappa shape index (κ3) is 5.35. The summed E-state index contributed by atoms with van der Waals surface area (Å²) < 4.78 is 28.8. The van der Waals surface area contributed by atoms with E-state index in [2.05, 4.69) is 43.4 Å². The highest BCUT2D eigenvalue weighted by molar-refractivity contribution is 5.80. The number of hydrogen-bond acceptors (Lipinski definition) is 3. The summed E-state index contributed by atoms with van der Waals surface area (Å²) in [7, 11) is 0. The van der Waals surface area contributed by atoms with E-state index in [-0.39, 0.29) is 37.3 Å². The van der Waals surface area contributed by atoms with Gasteiger partial charge in [-0.1, -0.05) is 24.6 Å². The second kappa shape index (κ2) is 9.76. The van der Waals surface area contributed by atoms with Gasteiger partial charge in [-0.05, 0) is 64.5 Å². The number of aliphatic hydroxyl groups excluding tert-OH is 1. The molecule has 0 spiro atoms. The van der Waals surface area contributed by atoms with E-state index in [0.717, 1.165) is 49.1 Å². The van der Waals surface area contributed by atoms with Crippen LogP contribution in [0.2, 0.25) is 0 Å². The Morgan fingerprint density at radius 1 is 1.26 bits per heavy atom. The van der Waals surface area contributed by atoms with Gasteiger partial charge in [0.1, 0.15) is 0 Å². The molecule has 1 aromatic heterocycles. The molecule has 2 aromatic rings. The molecular weight excluding hydrogens is 436 g/mol. The van der Waals surface area contributed by atoms with E-state index < -0.39 is 11.5 Å². The topological polar surface area (TPSA) is 67.1 Å². The number of alkyl halides is 2. The lowest BCUT2D eigenvalue weighted by Gasteiger charge is -2.46. The van der Waals surface area contributed by atoms with Crippen LogP contribution in [-0.2, 0) is 24.1 Å². The number of carbonyl (C=O) groups is 1. The van der Waals surface area contributed by atoms with Gasteiger partial charge in [-0.25, -0.2) is 8.78 Å². The SMILES string of the molecule is CC(C)n1nc(-c2cccc(CCCCCO)c2)c2c1C[C@H](C(=O)NC1(C)CC(F)(F)C1)CC2. The monoisotopic (exact) mass is 473 g/mol. The number of halogens is 2. The number of rotatable bonds is 9. The lowest BCUT2D eigenvalue weighted by Crippen LogP contribution is -2.61. The number of nitrogens with one attached hydrogen (secondary N) is 1. The van der Waals surface area contributed by atoms with E-state index in [0.29, 0.717) is 12.8 Å². The first-order valence-corrected chi connectivity index (χ1v) is 12.6. The van der Waals surface area contributed by atoms with Crippen LogP contribution in [0.15, 0.2) is 24.3 Å². The third-order valence-corrected chi connectivity index (χ3v) is 7.21. The van der Waals surface area contributed by atoms with Crippen molar-refractivity contribution in [3.8, 4) is 11.3 Å². The van der Waals surface area contributed by atoms with Gasteiger partial charge < -0.3 is 10.4 Å². The Morgan fingerprint density at radius 3 is 2.71 bits per heavy atom. The Hall–Kier alpha value is -2.28. The molecule has 1 aromatic carbocycles. The van der Waals surface area contributed by atoms with Crippen LogP contribution in [0.4, 0.5) is 8.78 Å². The predicted molar refractivity (Wildman–Crippen MR) is 129 cm³/mol. The molecule has 2 N–H and O–H groups in total. The fourth-order valence-corrected chi connectivity index (χ4v) is 5.59. The molecule has 1 atom stereocenters. The third-order valence-electron chi connectivity index (χ3n) is 7.21. The lowest BCUT2D eigenvalue weighted by molar-refractivity contribution is -0.146. The number of amides is 1. The largest absolute Gasteiger partial charge is 0.396 e. The van der Waals surface area contributed by atoms with Crippen LogP contribution in [0.3, 0.4) is 0 Å². The molecule has 186 valence electrons. The minimum Gasteiger partial charge on any atom is -0.396 e. The zero-order valence-electron chi connectivity index (χ0n) is 20.5. The molecule has 34 heavy (non-hydrogen) atoms. The molecule has 0 saturated heterocycles. The smallest absolute Gasteiger partial charge is 0.252 e. The van der Waals surface area contributed by atoms with Gasteiger partial charge in [0.05, 0.1) is 5.69 Å². The minimum absolute atomic E-state index is 0.119. The Morgan fingerprint density at radius 2 is 2.03 bits per heavy atom. The first-order valence-electron chi connectivity index (χ1n) is 12.6. The Bertz CT molecular complexity index is 1020. The maximum absolute atomic E-state index is 13.4. The highest BCUT2D eigenvalue weighted by Gasteiger charge is 2.54. The van der Waals surface area contributed by atoms with E-state index in [1.54, 1.807) is 6.92 Å². The number of unbranched alkanes of at least 4 members (excludes halogenated alkanes) is 2. The number of aliphatic hydroxyl groups is 1. The van der Waals surface area contributed by atoms with E-state index in [1.807, 2.05) is 4.68 Å². The number of nitrogens with zero attached hydrogens (tertiary/aromatic N) is 2. The van der Waals surface area contributed by atoms with E-state index >= 15 is 0 Å². The predicted octanol–water partition coefficient (Wildman–Crippen LogP) is 5.25. The molecule has 0 unspecified atom stereocenters. The van der Waals surface area contributed by atoms with Gasteiger partial charge in [-0.2, -0.15) is 5.10 Å². The van der Waals surface area contributed by atoms with Crippen molar-refractivity contribution >= 4 is 5.91 Å². The van der Waals surface area contributed by atoms with E-state index in [4.69, 9.17) is 10.2 Å². The maximum atomic E-state index is 13.4. The van der Waals surface area contributed by atoms with Gasteiger partial charge in [0.15, 0.2) is 0 Å². The Labute approximate surface area is 200 Å². The van der Waals surface area contributed by atoms with Crippen molar-refractivity contribution in [1.29, 1.82) is 0 Å². The van der Waals surface area contributed by atoms with Crippen LogP contribution in [0.25, 0.3) is 11.3 Å². The van der Waals surface area contributed by atoms with Crippen molar-refractivity contribution in [1.82, 2.24) is 15.1 Å². The minimum atomic E-state index is -2.67. The molecule has 0 bridgehead atoms. The zero-order valence-corrected chi connectivity index (χ0v) is 20.5. The molecule has 1 fully saturated rings. The molecule has 1 heterocycles. The second-order valence-corrected chi connectivity index (χ2v) is 10.7. The molecule has 0 radical (unpaired) electrons. The summed E-state index contributed by atoms with van der Waals surface area (Å²) in [5.41, 5.74) is 4.85. The summed E-state index contributed by atoms with van der Waals surface area (Å²) >= 11 is 0. The van der Waals surface area contributed by atoms with Crippen molar-refractivity contribution in [3.05, 3.63) is 41.1 Å². The molecule has 1 saturated carbocycles. The summed E-state index contributed by atoms with van der Waals surface area (Å²) in [6, 6.07) is 8.68. The van der Waals surface area contributed by atoms with Crippen LogP contribution in [0, 0.1) is 5.92 Å². The normalized spacial score (nSPS) is 20.6. The lowest BCUT2D eigenvalue weighted by atomic mass is 9.74. The van der Waals surface area contributed by atoms with Crippen molar-refractivity contribution in [2.24, 2.45) is 5.92 Å². The fraction of sp³-hybridized carbons (Fsp3) is 0.630. The summed E-state index contributed by atoms with van der Waals surface area (Å²) in [5.74, 6) is -3.01. The second-order valence-electron chi connectivity index (χ2n) is 10.7. The average Bonchev–Trinajstić information content (AvgIpc) is 3.14. The maximum Gasteiger partial charge on any atom is 0.252 e. The van der Waals surface area contributed by atoms with Crippen LogP contribution in [0.1, 0.15) is 82.2 Å². The highest BCUT2D eigenvalue weighted by Crippen LogP contribution is 2.45. The summed E-state index contributed by atoms with van der Waals surface area (Å²) in [5, 5.41) is 16.9. The number of hydrogen-bond donors (Lipinski definition) is 2.